The first-order valence-electron chi connectivity index (χ1n) is 4.67. The lowest BCUT2D eigenvalue weighted by molar-refractivity contribution is 0.175. The lowest BCUT2D eigenvalue weighted by Gasteiger charge is -2.06. The standard InChI is InChI=1S/C11H12ClNO/c1-2-10(14)7-6-13-9-5-3-4-8(12)11(7)9/h3-6,10,13-14H,2H2,1H3/t10-/m0/s1. The second kappa shape index (κ2) is 3.64. The molecule has 14 heavy (non-hydrogen) atoms. The molecule has 1 heterocycles. The molecule has 2 aromatic rings. The van der Waals surface area contributed by atoms with Crippen molar-refractivity contribution in [3.05, 3.63) is 35.0 Å². The van der Waals surface area contributed by atoms with Gasteiger partial charge in [-0.25, -0.2) is 0 Å². The van der Waals surface area contributed by atoms with Crippen molar-refractivity contribution < 1.29 is 5.11 Å². The maximum Gasteiger partial charge on any atom is 0.0808 e. The predicted molar refractivity (Wildman–Crippen MR) is 58.6 cm³/mol. The normalized spacial score (nSPS) is 13.4. The molecule has 2 N–H and O–H groups in total. The Morgan fingerprint density at radius 1 is 1.50 bits per heavy atom. The highest BCUT2D eigenvalue weighted by Crippen LogP contribution is 2.31. The van der Waals surface area contributed by atoms with Crippen LogP contribution in [0.4, 0.5) is 0 Å². The van der Waals surface area contributed by atoms with Crippen molar-refractivity contribution in [3.63, 3.8) is 0 Å². The lowest BCUT2D eigenvalue weighted by atomic mass is 10.1. The average Bonchev–Trinajstić information content (AvgIpc) is 2.62. The third-order valence-electron chi connectivity index (χ3n) is 2.43. The molecule has 1 aromatic heterocycles. The smallest absolute Gasteiger partial charge is 0.0808 e. The number of aromatic nitrogens is 1. The van der Waals surface area contributed by atoms with Crippen LogP contribution >= 0.6 is 11.6 Å². The lowest BCUT2D eigenvalue weighted by Crippen LogP contribution is -1.93. The van der Waals surface area contributed by atoms with Crippen LogP contribution < -0.4 is 0 Å². The Bertz CT molecular complexity index is 449. The minimum Gasteiger partial charge on any atom is -0.388 e. The number of rotatable bonds is 2. The Hall–Kier alpha value is -0.990. The van der Waals surface area contributed by atoms with Crippen LogP contribution in [0, 0.1) is 0 Å². The number of hydrogen-bond acceptors (Lipinski definition) is 1. The van der Waals surface area contributed by atoms with Crippen molar-refractivity contribution in [3.8, 4) is 0 Å². The molecule has 3 heteroatoms. The number of aromatic amines is 1. The molecular formula is C11H12ClNO. The van der Waals surface area contributed by atoms with Crippen LogP contribution in [-0.2, 0) is 0 Å². The summed E-state index contributed by atoms with van der Waals surface area (Å²) >= 11 is 6.07. The summed E-state index contributed by atoms with van der Waals surface area (Å²) in [5.74, 6) is 0. The van der Waals surface area contributed by atoms with E-state index in [1.807, 2.05) is 31.3 Å². The van der Waals surface area contributed by atoms with Gasteiger partial charge in [0.05, 0.1) is 11.1 Å². The first-order valence-corrected chi connectivity index (χ1v) is 5.05. The van der Waals surface area contributed by atoms with Gasteiger partial charge in [-0.15, -0.1) is 0 Å². The molecule has 0 unspecified atom stereocenters. The van der Waals surface area contributed by atoms with Gasteiger partial charge in [0.1, 0.15) is 0 Å². The Balaban J connectivity index is 2.67. The van der Waals surface area contributed by atoms with E-state index in [0.29, 0.717) is 11.4 Å². The number of nitrogens with one attached hydrogen (secondary N) is 1. The van der Waals surface area contributed by atoms with Crippen molar-refractivity contribution in [2.45, 2.75) is 19.4 Å². The molecule has 0 saturated carbocycles. The Morgan fingerprint density at radius 3 is 3.00 bits per heavy atom. The zero-order chi connectivity index (χ0) is 10.1. The first kappa shape index (κ1) is 9.56. The van der Waals surface area contributed by atoms with Gasteiger partial charge in [-0.05, 0) is 18.6 Å². The van der Waals surface area contributed by atoms with Crippen LogP contribution in [0.1, 0.15) is 25.0 Å². The van der Waals surface area contributed by atoms with Gasteiger partial charge < -0.3 is 10.1 Å². The molecule has 0 aliphatic carbocycles. The van der Waals surface area contributed by atoms with Crippen LogP contribution in [0.3, 0.4) is 0 Å². The summed E-state index contributed by atoms with van der Waals surface area (Å²) in [7, 11) is 0. The summed E-state index contributed by atoms with van der Waals surface area (Å²) in [5.41, 5.74) is 1.85. The zero-order valence-electron chi connectivity index (χ0n) is 7.92. The van der Waals surface area contributed by atoms with E-state index < -0.39 is 6.10 Å². The number of H-pyrrole nitrogens is 1. The molecule has 0 bridgehead atoms. The molecule has 1 aromatic carbocycles. The van der Waals surface area contributed by atoms with Crippen LogP contribution in [0.2, 0.25) is 5.02 Å². The number of halogens is 1. The SMILES string of the molecule is CC[C@H](O)c1c[nH]c2cccc(Cl)c12. The highest BCUT2D eigenvalue weighted by molar-refractivity contribution is 6.35. The van der Waals surface area contributed by atoms with E-state index in [2.05, 4.69) is 4.98 Å². The fourth-order valence-electron chi connectivity index (χ4n) is 1.65. The van der Waals surface area contributed by atoms with Gasteiger partial charge in [-0.2, -0.15) is 0 Å². The highest BCUT2D eigenvalue weighted by atomic mass is 35.5. The van der Waals surface area contributed by atoms with Gasteiger partial charge in [-0.3, -0.25) is 0 Å². The van der Waals surface area contributed by atoms with Crippen LogP contribution in [0.15, 0.2) is 24.4 Å². The Labute approximate surface area is 87.5 Å². The van der Waals surface area contributed by atoms with Crippen molar-refractivity contribution in [2.24, 2.45) is 0 Å². The predicted octanol–water partition coefficient (Wildman–Crippen LogP) is 3.26. The van der Waals surface area contributed by atoms with Crippen LogP contribution in [0.5, 0.6) is 0 Å². The summed E-state index contributed by atoms with van der Waals surface area (Å²) < 4.78 is 0. The second-order valence-corrected chi connectivity index (χ2v) is 3.74. The molecule has 0 aliphatic rings. The molecule has 0 spiro atoms. The van der Waals surface area contributed by atoms with E-state index in [0.717, 1.165) is 16.5 Å². The number of benzene rings is 1. The quantitative estimate of drug-likeness (QED) is 0.783. The van der Waals surface area contributed by atoms with Crippen LogP contribution in [-0.4, -0.2) is 10.1 Å². The van der Waals surface area contributed by atoms with E-state index in [1.165, 1.54) is 0 Å². The molecule has 0 radical (unpaired) electrons. The summed E-state index contributed by atoms with van der Waals surface area (Å²) in [5, 5.41) is 11.4. The van der Waals surface area contributed by atoms with Gasteiger partial charge in [0.2, 0.25) is 0 Å². The van der Waals surface area contributed by atoms with Crippen LogP contribution in [0.25, 0.3) is 10.9 Å². The zero-order valence-corrected chi connectivity index (χ0v) is 8.67. The fourth-order valence-corrected chi connectivity index (χ4v) is 1.93. The minimum atomic E-state index is -0.441. The number of fused-ring (bicyclic) bond motifs is 1. The maximum absolute atomic E-state index is 9.76. The summed E-state index contributed by atoms with van der Waals surface area (Å²) in [6.07, 6.45) is 2.08. The highest BCUT2D eigenvalue weighted by Gasteiger charge is 2.12. The average molecular weight is 210 g/mol. The molecule has 0 aliphatic heterocycles. The van der Waals surface area contributed by atoms with Crippen molar-refractivity contribution >= 4 is 22.5 Å². The molecule has 0 saturated heterocycles. The van der Waals surface area contributed by atoms with E-state index in [-0.39, 0.29) is 0 Å². The second-order valence-electron chi connectivity index (χ2n) is 3.33. The summed E-state index contributed by atoms with van der Waals surface area (Å²) in [4.78, 5) is 3.10. The molecular weight excluding hydrogens is 198 g/mol. The molecule has 74 valence electrons. The summed E-state index contributed by atoms with van der Waals surface area (Å²) in [6, 6.07) is 5.68. The van der Waals surface area contributed by atoms with E-state index in [4.69, 9.17) is 11.6 Å². The molecule has 0 fully saturated rings. The van der Waals surface area contributed by atoms with Gasteiger partial charge >= 0.3 is 0 Å². The van der Waals surface area contributed by atoms with Gasteiger partial charge in [0.25, 0.3) is 0 Å². The first-order chi connectivity index (χ1) is 6.74. The number of aliphatic hydroxyl groups is 1. The number of aliphatic hydroxyl groups excluding tert-OH is 1. The largest absolute Gasteiger partial charge is 0.388 e. The Kier molecular flexibility index (Phi) is 2.48. The van der Waals surface area contributed by atoms with Crippen molar-refractivity contribution in [1.82, 2.24) is 4.98 Å². The van der Waals surface area contributed by atoms with Gasteiger partial charge in [0, 0.05) is 22.7 Å². The van der Waals surface area contributed by atoms with E-state index >= 15 is 0 Å². The van der Waals surface area contributed by atoms with Crippen molar-refractivity contribution in [1.29, 1.82) is 0 Å². The fraction of sp³-hybridized carbons (Fsp3) is 0.273. The molecule has 2 rings (SSSR count). The monoisotopic (exact) mass is 209 g/mol. The topological polar surface area (TPSA) is 36.0 Å². The Morgan fingerprint density at radius 2 is 2.29 bits per heavy atom. The van der Waals surface area contributed by atoms with Gasteiger partial charge in [0.15, 0.2) is 0 Å². The number of hydrogen-bond donors (Lipinski definition) is 2. The van der Waals surface area contributed by atoms with Crippen molar-refractivity contribution in [2.75, 3.05) is 0 Å². The van der Waals surface area contributed by atoms with Gasteiger partial charge in [-0.1, -0.05) is 24.6 Å². The third-order valence-corrected chi connectivity index (χ3v) is 2.75. The minimum absolute atomic E-state index is 0.441. The molecule has 2 nitrogen and oxygen atoms in total. The van der Waals surface area contributed by atoms with E-state index in [1.54, 1.807) is 0 Å². The molecule has 0 amide bonds. The molecule has 1 atom stereocenters. The van der Waals surface area contributed by atoms with E-state index in [9.17, 15) is 5.11 Å². The third kappa shape index (κ3) is 1.41. The maximum atomic E-state index is 9.76. The summed E-state index contributed by atoms with van der Waals surface area (Å²) in [6.45, 7) is 1.94.